The molecule has 2 atom stereocenters. The second-order valence-corrected chi connectivity index (χ2v) is 4.00. The fourth-order valence-corrected chi connectivity index (χ4v) is 2.73. The molecule has 3 fully saturated rings. The summed E-state index contributed by atoms with van der Waals surface area (Å²) in [6.07, 6.45) is 5.23. The van der Waals surface area contributed by atoms with Gasteiger partial charge in [-0.05, 0) is 25.2 Å². The summed E-state index contributed by atoms with van der Waals surface area (Å²) in [4.78, 5) is 0. The van der Waals surface area contributed by atoms with E-state index in [2.05, 4.69) is 0 Å². The summed E-state index contributed by atoms with van der Waals surface area (Å²) >= 11 is 0. The Bertz CT molecular complexity index is 172. The average Bonchev–Trinajstić information content (AvgIpc) is 2.68. The molecule has 2 aliphatic carbocycles. The quantitative estimate of drug-likeness (QED) is 0.527. The molecule has 62 valence electrons. The van der Waals surface area contributed by atoms with E-state index in [4.69, 9.17) is 9.47 Å². The van der Waals surface area contributed by atoms with E-state index in [1.807, 2.05) is 0 Å². The molecule has 2 heteroatoms. The summed E-state index contributed by atoms with van der Waals surface area (Å²) in [6.45, 7) is 1.65. The van der Waals surface area contributed by atoms with Gasteiger partial charge < -0.3 is 9.47 Å². The molecule has 1 spiro atoms. The summed E-state index contributed by atoms with van der Waals surface area (Å²) in [5.41, 5.74) is 0. The molecule has 1 heterocycles. The van der Waals surface area contributed by atoms with Crippen LogP contribution in [-0.2, 0) is 9.47 Å². The van der Waals surface area contributed by atoms with Crippen molar-refractivity contribution in [2.75, 3.05) is 13.2 Å². The molecule has 2 saturated carbocycles. The zero-order chi connectivity index (χ0) is 7.31. The first-order chi connectivity index (χ1) is 5.41. The molecule has 11 heavy (non-hydrogen) atoms. The van der Waals surface area contributed by atoms with Gasteiger partial charge in [0.2, 0.25) is 0 Å². The maximum Gasteiger partial charge on any atom is 0.171 e. The topological polar surface area (TPSA) is 18.5 Å². The number of ether oxygens (including phenoxy) is 2. The van der Waals surface area contributed by atoms with Gasteiger partial charge in [0.1, 0.15) is 0 Å². The third-order valence-electron chi connectivity index (χ3n) is 3.36. The zero-order valence-electron chi connectivity index (χ0n) is 6.71. The van der Waals surface area contributed by atoms with E-state index in [1.165, 1.54) is 19.3 Å². The van der Waals surface area contributed by atoms with Gasteiger partial charge in [0.05, 0.1) is 13.2 Å². The van der Waals surface area contributed by atoms with Crippen LogP contribution in [0.4, 0.5) is 0 Å². The molecule has 0 aromatic carbocycles. The summed E-state index contributed by atoms with van der Waals surface area (Å²) < 4.78 is 11.4. The first-order valence-corrected chi connectivity index (χ1v) is 4.69. The normalized spacial score (nSPS) is 45.8. The number of rotatable bonds is 0. The van der Waals surface area contributed by atoms with Crippen LogP contribution in [0, 0.1) is 11.8 Å². The number of hydrogen-bond acceptors (Lipinski definition) is 2. The molecule has 2 unspecified atom stereocenters. The minimum Gasteiger partial charge on any atom is -0.347 e. The van der Waals surface area contributed by atoms with Gasteiger partial charge in [-0.3, -0.25) is 0 Å². The van der Waals surface area contributed by atoms with Crippen LogP contribution in [0.2, 0.25) is 0 Å². The molecule has 1 aliphatic heterocycles. The molecule has 0 bridgehead atoms. The highest BCUT2D eigenvalue weighted by atomic mass is 16.7. The van der Waals surface area contributed by atoms with Gasteiger partial charge in [0.15, 0.2) is 5.79 Å². The van der Waals surface area contributed by atoms with Gasteiger partial charge in [-0.2, -0.15) is 0 Å². The van der Waals surface area contributed by atoms with Gasteiger partial charge in [-0.1, -0.05) is 0 Å². The Morgan fingerprint density at radius 2 is 2.00 bits per heavy atom. The Morgan fingerprint density at radius 3 is 2.82 bits per heavy atom. The third-order valence-corrected chi connectivity index (χ3v) is 3.36. The molecule has 0 aromatic heterocycles. The van der Waals surface area contributed by atoms with Crippen LogP contribution in [0.1, 0.15) is 25.7 Å². The highest BCUT2D eigenvalue weighted by Gasteiger charge is 2.58. The summed E-state index contributed by atoms with van der Waals surface area (Å²) in [5.74, 6) is 1.61. The molecule has 0 aromatic rings. The molecule has 0 N–H and O–H groups in total. The van der Waals surface area contributed by atoms with Crippen molar-refractivity contribution in [2.24, 2.45) is 11.8 Å². The van der Waals surface area contributed by atoms with Crippen molar-refractivity contribution in [1.82, 2.24) is 0 Å². The first-order valence-electron chi connectivity index (χ1n) is 4.69. The van der Waals surface area contributed by atoms with Gasteiger partial charge in [0, 0.05) is 12.3 Å². The Morgan fingerprint density at radius 1 is 1.18 bits per heavy atom. The highest BCUT2D eigenvalue weighted by Crippen LogP contribution is 2.57. The fraction of sp³-hybridized carbons (Fsp3) is 1.00. The number of fused-ring (bicyclic) bond motifs is 2. The van der Waals surface area contributed by atoms with Crippen LogP contribution in [0.3, 0.4) is 0 Å². The largest absolute Gasteiger partial charge is 0.347 e. The van der Waals surface area contributed by atoms with Gasteiger partial charge in [0.25, 0.3) is 0 Å². The third kappa shape index (κ3) is 0.798. The summed E-state index contributed by atoms with van der Waals surface area (Å²) in [5, 5.41) is 0. The number of hydrogen-bond donors (Lipinski definition) is 0. The lowest BCUT2D eigenvalue weighted by Crippen LogP contribution is -2.35. The van der Waals surface area contributed by atoms with Crippen LogP contribution in [0.5, 0.6) is 0 Å². The maximum absolute atomic E-state index is 5.71. The minimum atomic E-state index is -0.0943. The Balaban J connectivity index is 1.84. The van der Waals surface area contributed by atoms with Gasteiger partial charge in [-0.15, -0.1) is 0 Å². The predicted octanol–water partition coefficient (Wildman–Crippen LogP) is 1.55. The van der Waals surface area contributed by atoms with E-state index in [1.54, 1.807) is 0 Å². The van der Waals surface area contributed by atoms with E-state index in [0.29, 0.717) is 0 Å². The van der Waals surface area contributed by atoms with Gasteiger partial charge >= 0.3 is 0 Å². The monoisotopic (exact) mass is 154 g/mol. The maximum atomic E-state index is 5.71. The lowest BCUT2D eigenvalue weighted by molar-refractivity contribution is -0.188. The molecule has 3 aliphatic rings. The Hall–Kier alpha value is -0.0800. The van der Waals surface area contributed by atoms with Crippen LogP contribution in [-0.4, -0.2) is 19.0 Å². The van der Waals surface area contributed by atoms with E-state index < -0.39 is 0 Å². The minimum absolute atomic E-state index is 0.0943. The smallest absolute Gasteiger partial charge is 0.171 e. The van der Waals surface area contributed by atoms with Crippen LogP contribution >= 0.6 is 0 Å². The van der Waals surface area contributed by atoms with Crippen LogP contribution in [0.15, 0.2) is 0 Å². The van der Waals surface area contributed by atoms with E-state index >= 15 is 0 Å². The second-order valence-electron chi connectivity index (χ2n) is 4.00. The van der Waals surface area contributed by atoms with Crippen molar-refractivity contribution in [3.63, 3.8) is 0 Å². The predicted molar refractivity (Wildman–Crippen MR) is 40.1 cm³/mol. The summed E-state index contributed by atoms with van der Waals surface area (Å²) in [6, 6.07) is 0. The first kappa shape index (κ1) is 6.44. The van der Waals surface area contributed by atoms with Crippen molar-refractivity contribution in [3.05, 3.63) is 0 Å². The van der Waals surface area contributed by atoms with Crippen molar-refractivity contribution >= 4 is 0 Å². The Kier molecular flexibility index (Phi) is 1.16. The van der Waals surface area contributed by atoms with Crippen LogP contribution in [0.25, 0.3) is 0 Å². The molecule has 1 saturated heterocycles. The van der Waals surface area contributed by atoms with E-state index in [9.17, 15) is 0 Å². The van der Waals surface area contributed by atoms with Crippen molar-refractivity contribution in [1.29, 1.82) is 0 Å². The lowest BCUT2D eigenvalue weighted by atomic mass is 9.94. The molecule has 3 rings (SSSR count). The zero-order valence-corrected chi connectivity index (χ0v) is 6.71. The lowest BCUT2D eigenvalue weighted by Gasteiger charge is -2.31. The van der Waals surface area contributed by atoms with Crippen LogP contribution < -0.4 is 0 Å². The van der Waals surface area contributed by atoms with E-state index in [-0.39, 0.29) is 5.79 Å². The SMILES string of the molecule is C1CC2CC2C2(C1)OCCO2. The van der Waals surface area contributed by atoms with Gasteiger partial charge in [-0.25, -0.2) is 0 Å². The Labute approximate surface area is 66.9 Å². The van der Waals surface area contributed by atoms with Crippen molar-refractivity contribution in [2.45, 2.75) is 31.5 Å². The van der Waals surface area contributed by atoms with E-state index in [0.717, 1.165) is 31.5 Å². The summed E-state index contributed by atoms with van der Waals surface area (Å²) in [7, 11) is 0. The van der Waals surface area contributed by atoms with Crippen molar-refractivity contribution in [3.8, 4) is 0 Å². The highest BCUT2D eigenvalue weighted by molar-refractivity contribution is 5.01. The molecule has 0 amide bonds. The molecule has 0 radical (unpaired) electrons. The standard InChI is InChI=1S/C9H14O2/c1-2-7-6-8(7)9(3-1)10-4-5-11-9/h7-8H,1-6H2. The second kappa shape index (κ2) is 1.99. The molecule has 2 nitrogen and oxygen atoms in total. The fourth-order valence-electron chi connectivity index (χ4n) is 2.73. The molecular weight excluding hydrogens is 140 g/mol. The average molecular weight is 154 g/mol. The molecular formula is C9H14O2. The van der Waals surface area contributed by atoms with Crippen molar-refractivity contribution < 1.29 is 9.47 Å².